The van der Waals surface area contributed by atoms with Crippen LogP contribution in [-0.4, -0.2) is 6.43 Å². The van der Waals surface area contributed by atoms with Crippen molar-refractivity contribution in [3.05, 3.63) is 35.4 Å². The van der Waals surface area contributed by atoms with Gasteiger partial charge in [-0.1, -0.05) is 12.1 Å². The van der Waals surface area contributed by atoms with Crippen molar-refractivity contribution >= 4 is 0 Å². The highest BCUT2D eigenvalue weighted by molar-refractivity contribution is 5.26. The zero-order valence-electron chi connectivity index (χ0n) is 8.14. The van der Waals surface area contributed by atoms with Crippen LogP contribution in [0.15, 0.2) is 24.3 Å². The van der Waals surface area contributed by atoms with Gasteiger partial charge in [0.25, 0.3) is 0 Å². The molecule has 0 spiro atoms. The lowest BCUT2D eigenvalue weighted by Gasteiger charge is -2.12. The minimum absolute atomic E-state index is 0.272. The maximum absolute atomic E-state index is 12.2. The van der Waals surface area contributed by atoms with Crippen LogP contribution < -0.4 is 5.73 Å². The second-order valence-electron chi connectivity index (χ2n) is 3.35. The van der Waals surface area contributed by atoms with Gasteiger partial charge in [-0.25, -0.2) is 8.78 Å². The molecule has 1 nitrogen and oxygen atoms in total. The lowest BCUT2D eigenvalue weighted by Crippen LogP contribution is -2.14. The molecular weight excluding hydrogens is 229 g/mol. The zero-order valence-corrected chi connectivity index (χ0v) is 8.14. The van der Waals surface area contributed by atoms with Crippen molar-refractivity contribution in [1.82, 2.24) is 0 Å². The average molecular weight is 239 g/mol. The van der Waals surface area contributed by atoms with Crippen LogP contribution in [-0.2, 0) is 6.18 Å². The van der Waals surface area contributed by atoms with E-state index < -0.39 is 30.6 Å². The van der Waals surface area contributed by atoms with E-state index in [-0.39, 0.29) is 5.56 Å². The summed E-state index contributed by atoms with van der Waals surface area (Å²) >= 11 is 0. The van der Waals surface area contributed by atoms with Gasteiger partial charge in [-0.2, -0.15) is 13.2 Å². The fourth-order valence-electron chi connectivity index (χ4n) is 1.25. The van der Waals surface area contributed by atoms with E-state index in [0.717, 1.165) is 24.3 Å². The first-order valence-corrected chi connectivity index (χ1v) is 4.51. The van der Waals surface area contributed by atoms with Gasteiger partial charge in [0.1, 0.15) is 0 Å². The molecule has 1 aromatic carbocycles. The quantitative estimate of drug-likeness (QED) is 0.804. The van der Waals surface area contributed by atoms with Crippen molar-refractivity contribution in [2.45, 2.75) is 25.1 Å². The Kier molecular flexibility index (Phi) is 3.85. The average Bonchev–Trinajstić information content (AvgIpc) is 2.15. The van der Waals surface area contributed by atoms with E-state index in [2.05, 4.69) is 0 Å². The predicted octanol–water partition coefficient (Wildman–Crippen LogP) is 3.36. The van der Waals surface area contributed by atoms with Gasteiger partial charge in [-0.15, -0.1) is 0 Å². The Balaban J connectivity index is 2.79. The molecule has 0 aliphatic rings. The molecule has 16 heavy (non-hydrogen) atoms. The van der Waals surface area contributed by atoms with E-state index in [1.807, 2.05) is 0 Å². The molecule has 0 unspecified atom stereocenters. The summed E-state index contributed by atoms with van der Waals surface area (Å²) < 4.78 is 60.5. The van der Waals surface area contributed by atoms with E-state index in [9.17, 15) is 22.0 Å². The lowest BCUT2D eigenvalue weighted by atomic mass is 10.0. The van der Waals surface area contributed by atoms with Gasteiger partial charge in [0, 0.05) is 12.5 Å². The Morgan fingerprint density at radius 1 is 1.06 bits per heavy atom. The minimum Gasteiger partial charge on any atom is -0.324 e. The third kappa shape index (κ3) is 3.44. The molecule has 0 radical (unpaired) electrons. The van der Waals surface area contributed by atoms with E-state index in [4.69, 9.17) is 5.73 Å². The summed E-state index contributed by atoms with van der Waals surface area (Å²) in [7, 11) is 0. The topological polar surface area (TPSA) is 26.0 Å². The third-order valence-electron chi connectivity index (χ3n) is 2.10. The molecule has 0 saturated carbocycles. The van der Waals surface area contributed by atoms with E-state index in [0.29, 0.717) is 0 Å². The number of benzene rings is 1. The Bertz CT molecular complexity index is 330. The monoisotopic (exact) mass is 239 g/mol. The summed E-state index contributed by atoms with van der Waals surface area (Å²) in [5, 5.41) is 0. The Morgan fingerprint density at radius 2 is 1.56 bits per heavy atom. The number of rotatable bonds is 3. The van der Waals surface area contributed by atoms with Gasteiger partial charge in [-0.05, 0) is 17.7 Å². The molecule has 2 N–H and O–H groups in total. The van der Waals surface area contributed by atoms with Crippen molar-refractivity contribution < 1.29 is 22.0 Å². The van der Waals surface area contributed by atoms with Gasteiger partial charge < -0.3 is 5.73 Å². The molecule has 0 aromatic heterocycles. The van der Waals surface area contributed by atoms with Gasteiger partial charge in [-0.3, -0.25) is 0 Å². The second kappa shape index (κ2) is 4.78. The highest BCUT2D eigenvalue weighted by Crippen LogP contribution is 2.30. The summed E-state index contributed by atoms with van der Waals surface area (Å²) in [5.41, 5.74) is 4.85. The minimum atomic E-state index is -4.43. The molecule has 0 saturated heterocycles. The van der Waals surface area contributed by atoms with Crippen LogP contribution in [0, 0.1) is 0 Å². The molecule has 1 aromatic rings. The number of hydrogen-bond acceptors (Lipinski definition) is 1. The zero-order chi connectivity index (χ0) is 12.3. The normalized spacial score (nSPS) is 14.2. The Hall–Kier alpha value is -1.17. The smallest absolute Gasteiger partial charge is 0.324 e. The standard InChI is InChI=1S/C10H10F5N/c11-9(12)5-8(16)6-1-3-7(4-2-6)10(13,14)15/h1-4,8-9H,5,16H2/t8-/m1/s1. The van der Waals surface area contributed by atoms with Crippen LogP contribution in [0.2, 0.25) is 0 Å². The molecular formula is C10H10F5N. The van der Waals surface area contributed by atoms with Crippen LogP contribution in [0.25, 0.3) is 0 Å². The highest BCUT2D eigenvalue weighted by Gasteiger charge is 2.30. The SMILES string of the molecule is N[C@H](CC(F)F)c1ccc(C(F)(F)F)cc1. The van der Waals surface area contributed by atoms with Crippen LogP contribution in [0.4, 0.5) is 22.0 Å². The fourth-order valence-corrected chi connectivity index (χ4v) is 1.25. The highest BCUT2D eigenvalue weighted by atomic mass is 19.4. The maximum atomic E-state index is 12.2. The van der Waals surface area contributed by atoms with Crippen molar-refractivity contribution in [2.24, 2.45) is 5.73 Å². The molecule has 0 aliphatic heterocycles. The predicted molar refractivity (Wildman–Crippen MR) is 49.0 cm³/mol. The van der Waals surface area contributed by atoms with Gasteiger partial charge in [0.05, 0.1) is 5.56 Å². The van der Waals surface area contributed by atoms with Gasteiger partial charge >= 0.3 is 6.18 Å². The number of alkyl halides is 5. The fraction of sp³-hybridized carbons (Fsp3) is 0.400. The van der Waals surface area contributed by atoms with Gasteiger partial charge in [0.2, 0.25) is 6.43 Å². The number of halogens is 5. The van der Waals surface area contributed by atoms with Crippen molar-refractivity contribution in [3.8, 4) is 0 Å². The van der Waals surface area contributed by atoms with Crippen molar-refractivity contribution in [1.29, 1.82) is 0 Å². The van der Waals surface area contributed by atoms with Crippen LogP contribution >= 0.6 is 0 Å². The molecule has 0 amide bonds. The molecule has 90 valence electrons. The van der Waals surface area contributed by atoms with E-state index in [1.165, 1.54) is 0 Å². The lowest BCUT2D eigenvalue weighted by molar-refractivity contribution is -0.137. The largest absolute Gasteiger partial charge is 0.416 e. The van der Waals surface area contributed by atoms with E-state index >= 15 is 0 Å². The van der Waals surface area contributed by atoms with Crippen LogP contribution in [0.3, 0.4) is 0 Å². The van der Waals surface area contributed by atoms with Crippen LogP contribution in [0.1, 0.15) is 23.6 Å². The molecule has 0 bridgehead atoms. The Morgan fingerprint density at radius 3 is 1.94 bits per heavy atom. The van der Waals surface area contributed by atoms with E-state index in [1.54, 1.807) is 0 Å². The van der Waals surface area contributed by atoms with Crippen molar-refractivity contribution in [3.63, 3.8) is 0 Å². The maximum Gasteiger partial charge on any atom is 0.416 e. The summed E-state index contributed by atoms with van der Waals surface area (Å²) in [4.78, 5) is 0. The van der Waals surface area contributed by atoms with Gasteiger partial charge in [0.15, 0.2) is 0 Å². The molecule has 1 rings (SSSR count). The van der Waals surface area contributed by atoms with Crippen molar-refractivity contribution in [2.75, 3.05) is 0 Å². The molecule has 0 heterocycles. The third-order valence-corrected chi connectivity index (χ3v) is 2.10. The summed E-state index contributed by atoms with van der Waals surface area (Å²) in [5.74, 6) is 0. The Labute approximate surface area is 89.1 Å². The number of hydrogen-bond donors (Lipinski definition) is 1. The molecule has 0 fully saturated rings. The van der Waals surface area contributed by atoms with Crippen LogP contribution in [0.5, 0.6) is 0 Å². The first-order valence-electron chi connectivity index (χ1n) is 4.51. The molecule has 1 atom stereocenters. The molecule has 6 heteroatoms. The molecule has 0 aliphatic carbocycles. The summed E-state index contributed by atoms with van der Waals surface area (Å²) in [6.07, 6.45) is -7.56. The summed E-state index contributed by atoms with van der Waals surface area (Å²) in [6, 6.07) is 2.97. The summed E-state index contributed by atoms with van der Waals surface area (Å²) in [6.45, 7) is 0. The first-order chi connectivity index (χ1) is 7.30. The first kappa shape index (κ1) is 12.9. The second-order valence-corrected chi connectivity index (χ2v) is 3.35. The number of nitrogens with two attached hydrogens (primary N) is 1.